The minimum Gasteiger partial charge on any atom is -0.484 e. The van der Waals surface area contributed by atoms with E-state index in [4.69, 9.17) is 9.84 Å². The first-order valence-electron chi connectivity index (χ1n) is 7.22. The fourth-order valence-corrected chi connectivity index (χ4v) is 2.12. The van der Waals surface area contributed by atoms with Gasteiger partial charge in [-0.05, 0) is 42.4 Å². The summed E-state index contributed by atoms with van der Waals surface area (Å²) < 4.78 is 5.38. The molecule has 1 aromatic carbocycles. The van der Waals surface area contributed by atoms with Crippen molar-refractivity contribution in [2.24, 2.45) is 5.92 Å². The highest BCUT2D eigenvalue weighted by atomic mass is 16.5. The van der Waals surface area contributed by atoms with Crippen molar-refractivity contribution >= 4 is 11.9 Å². The molecule has 0 heterocycles. The number of carboxylic acid groups (broad SMARTS) is 1. The minimum atomic E-state index is -0.980. The zero-order valence-corrected chi connectivity index (χ0v) is 12.3. The lowest BCUT2D eigenvalue weighted by Crippen LogP contribution is -2.44. The van der Waals surface area contributed by atoms with Crippen LogP contribution in [0.1, 0.15) is 38.2 Å². The van der Waals surface area contributed by atoms with E-state index < -0.39 is 17.9 Å². The van der Waals surface area contributed by atoms with Crippen LogP contribution in [0.5, 0.6) is 5.75 Å². The van der Waals surface area contributed by atoms with Gasteiger partial charge >= 0.3 is 5.97 Å². The molecule has 2 N–H and O–H groups in total. The topological polar surface area (TPSA) is 75.6 Å². The van der Waals surface area contributed by atoms with Crippen molar-refractivity contribution in [2.45, 2.75) is 38.6 Å². The van der Waals surface area contributed by atoms with E-state index in [1.54, 1.807) is 0 Å². The molecular formula is C16H21NO4. The Kier molecular flexibility index (Phi) is 4.83. The van der Waals surface area contributed by atoms with Crippen molar-refractivity contribution in [3.63, 3.8) is 0 Å². The van der Waals surface area contributed by atoms with Gasteiger partial charge in [0.15, 0.2) is 6.61 Å². The molecule has 5 heteroatoms. The SMILES string of the molecule is CC(C)c1ccc(OCC(=O)NC(C(=O)O)C2CC2)cc1. The molecule has 114 valence electrons. The molecule has 1 aliphatic rings. The molecule has 0 aliphatic heterocycles. The molecule has 1 saturated carbocycles. The molecule has 1 aliphatic carbocycles. The summed E-state index contributed by atoms with van der Waals surface area (Å²) in [6.45, 7) is 4.04. The van der Waals surface area contributed by atoms with E-state index in [1.807, 2.05) is 24.3 Å². The second-order valence-corrected chi connectivity index (χ2v) is 5.73. The van der Waals surface area contributed by atoms with Crippen molar-refractivity contribution in [3.8, 4) is 5.75 Å². The van der Waals surface area contributed by atoms with E-state index in [0.717, 1.165) is 12.8 Å². The van der Waals surface area contributed by atoms with Crippen molar-refractivity contribution in [1.29, 1.82) is 0 Å². The Hall–Kier alpha value is -2.04. The molecule has 1 amide bonds. The molecule has 21 heavy (non-hydrogen) atoms. The summed E-state index contributed by atoms with van der Waals surface area (Å²) in [6.07, 6.45) is 1.71. The van der Waals surface area contributed by atoms with Crippen LogP contribution in [0.4, 0.5) is 0 Å². The molecule has 0 spiro atoms. The number of rotatable bonds is 7. The summed E-state index contributed by atoms with van der Waals surface area (Å²) in [7, 11) is 0. The Labute approximate surface area is 124 Å². The highest BCUT2D eigenvalue weighted by Crippen LogP contribution is 2.32. The number of carbonyl (C=O) groups excluding carboxylic acids is 1. The maximum Gasteiger partial charge on any atom is 0.326 e. The van der Waals surface area contributed by atoms with E-state index in [1.165, 1.54) is 5.56 Å². The predicted octanol–water partition coefficient (Wildman–Crippen LogP) is 2.17. The van der Waals surface area contributed by atoms with Crippen molar-refractivity contribution < 1.29 is 19.4 Å². The van der Waals surface area contributed by atoms with Crippen LogP contribution in [0.2, 0.25) is 0 Å². The Morgan fingerprint density at radius 1 is 1.29 bits per heavy atom. The van der Waals surface area contributed by atoms with Crippen molar-refractivity contribution in [2.75, 3.05) is 6.61 Å². The Bertz CT molecular complexity index is 506. The van der Waals surface area contributed by atoms with Crippen LogP contribution < -0.4 is 10.1 Å². The van der Waals surface area contributed by atoms with Gasteiger partial charge in [-0.1, -0.05) is 26.0 Å². The molecule has 0 bridgehead atoms. The average Bonchev–Trinajstić information content (AvgIpc) is 3.27. The first-order chi connectivity index (χ1) is 9.97. The lowest BCUT2D eigenvalue weighted by atomic mass is 10.0. The lowest BCUT2D eigenvalue weighted by molar-refractivity contribution is -0.142. The normalized spacial score (nSPS) is 15.6. The fraction of sp³-hybridized carbons (Fsp3) is 0.500. The van der Waals surface area contributed by atoms with E-state index >= 15 is 0 Å². The first-order valence-corrected chi connectivity index (χ1v) is 7.22. The van der Waals surface area contributed by atoms with Gasteiger partial charge in [-0.3, -0.25) is 4.79 Å². The van der Waals surface area contributed by atoms with E-state index in [0.29, 0.717) is 11.7 Å². The third-order valence-corrected chi connectivity index (χ3v) is 3.59. The number of amides is 1. The molecule has 5 nitrogen and oxygen atoms in total. The number of aliphatic carboxylic acids is 1. The zero-order valence-electron chi connectivity index (χ0n) is 12.3. The van der Waals surface area contributed by atoms with Crippen LogP contribution in [0.3, 0.4) is 0 Å². The number of benzene rings is 1. The highest BCUT2D eigenvalue weighted by molar-refractivity contribution is 5.84. The maximum absolute atomic E-state index is 11.7. The molecule has 1 unspecified atom stereocenters. The van der Waals surface area contributed by atoms with Crippen molar-refractivity contribution in [1.82, 2.24) is 5.32 Å². The summed E-state index contributed by atoms with van der Waals surface area (Å²) >= 11 is 0. The second kappa shape index (κ2) is 6.61. The maximum atomic E-state index is 11.7. The molecule has 0 radical (unpaired) electrons. The monoisotopic (exact) mass is 291 g/mol. The van der Waals surface area contributed by atoms with E-state index in [-0.39, 0.29) is 12.5 Å². The van der Waals surface area contributed by atoms with Gasteiger partial charge < -0.3 is 15.2 Å². The van der Waals surface area contributed by atoms with Crippen LogP contribution >= 0.6 is 0 Å². The number of hydrogen-bond acceptors (Lipinski definition) is 3. The molecular weight excluding hydrogens is 270 g/mol. The molecule has 0 aromatic heterocycles. The minimum absolute atomic E-state index is 0.0665. The van der Waals surface area contributed by atoms with Gasteiger partial charge in [0, 0.05) is 0 Å². The summed E-state index contributed by atoms with van der Waals surface area (Å²) in [5.41, 5.74) is 1.20. The zero-order chi connectivity index (χ0) is 15.4. The Morgan fingerprint density at radius 3 is 2.38 bits per heavy atom. The lowest BCUT2D eigenvalue weighted by Gasteiger charge is -2.14. The van der Waals surface area contributed by atoms with E-state index in [2.05, 4.69) is 19.2 Å². The van der Waals surface area contributed by atoms with Crippen LogP contribution in [-0.4, -0.2) is 29.6 Å². The third-order valence-electron chi connectivity index (χ3n) is 3.59. The van der Waals surface area contributed by atoms with E-state index in [9.17, 15) is 9.59 Å². The number of carboxylic acids is 1. The summed E-state index contributed by atoms with van der Waals surface area (Å²) in [5, 5.41) is 11.6. The van der Waals surface area contributed by atoms with Gasteiger partial charge in [0.1, 0.15) is 11.8 Å². The van der Waals surface area contributed by atoms with Crippen LogP contribution in [0.25, 0.3) is 0 Å². The van der Waals surface area contributed by atoms with Gasteiger partial charge in [-0.25, -0.2) is 4.79 Å². The smallest absolute Gasteiger partial charge is 0.326 e. The quantitative estimate of drug-likeness (QED) is 0.807. The van der Waals surface area contributed by atoms with Gasteiger partial charge in [0.25, 0.3) is 5.91 Å². The number of nitrogens with one attached hydrogen (secondary N) is 1. The number of ether oxygens (including phenoxy) is 1. The largest absolute Gasteiger partial charge is 0.484 e. The van der Waals surface area contributed by atoms with Crippen LogP contribution in [-0.2, 0) is 9.59 Å². The highest BCUT2D eigenvalue weighted by Gasteiger charge is 2.37. The molecule has 1 atom stereocenters. The van der Waals surface area contributed by atoms with Gasteiger partial charge in [-0.2, -0.15) is 0 Å². The van der Waals surface area contributed by atoms with Gasteiger partial charge in [0.2, 0.25) is 0 Å². The molecule has 0 saturated heterocycles. The standard InChI is InChI=1S/C16H21NO4/c1-10(2)11-5-7-13(8-6-11)21-9-14(18)17-15(16(19)20)12-3-4-12/h5-8,10,12,15H,3-4,9H2,1-2H3,(H,17,18)(H,19,20). The molecule has 2 rings (SSSR count). The van der Waals surface area contributed by atoms with Crippen molar-refractivity contribution in [3.05, 3.63) is 29.8 Å². The summed E-state index contributed by atoms with van der Waals surface area (Å²) in [5.74, 6) is -0.267. The Morgan fingerprint density at radius 2 is 1.90 bits per heavy atom. The number of carbonyl (C=O) groups is 2. The van der Waals surface area contributed by atoms with Crippen LogP contribution in [0, 0.1) is 5.92 Å². The fourth-order valence-electron chi connectivity index (χ4n) is 2.12. The van der Waals surface area contributed by atoms with Gasteiger partial charge in [0.05, 0.1) is 0 Å². The van der Waals surface area contributed by atoms with Gasteiger partial charge in [-0.15, -0.1) is 0 Å². The Balaban J connectivity index is 1.81. The molecule has 1 aromatic rings. The second-order valence-electron chi connectivity index (χ2n) is 5.73. The first kappa shape index (κ1) is 15.4. The average molecular weight is 291 g/mol. The van der Waals surface area contributed by atoms with Crippen LogP contribution in [0.15, 0.2) is 24.3 Å². The predicted molar refractivity (Wildman–Crippen MR) is 78.3 cm³/mol. The summed E-state index contributed by atoms with van der Waals surface area (Å²) in [4.78, 5) is 22.8. The summed E-state index contributed by atoms with van der Waals surface area (Å²) in [6, 6.07) is 6.77. The number of hydrogen-bond donors (Lipinski definition) is 2. The third kappa shape index (κ3) is 4.48. The molecule has 1 fully saturated rings.